The Bertz CT molecular complexity index is 770. The third kappa shape index (κ3) is 1.36. The van der Waals surface area contributed by atoms with Gasteiger partial charge in [0.1, 0.15) is 0 Å². The van der Waals surface area contributed by atoms with Gasteiger partial charge in [-0.2, -0.15) is 0 Å². The molecule has 0 saturated heterocycles. The van der Waals surface area contributed by atoms with Crippen LogP contribution >= 0.6 is 0 Å². The highest BCUT2D eigenvalue weighted by Crippen LogP contribution is 2.51. The predicted octanol–water partition coefficient (Wildman–Crippen LogP) is 3.79. The fraction of sp³-hybridized carbons (Fsp3) is 0.278. The van der Waals surface area contributed by atoms with Crippen LogP contribution in [0.3, 0.4) is 0 Å². The minimum Gasteiger partial charge on any atom is -0.343 e. The van der Waals surface area contributed by atoms with Crippen LogP contribution in [0.5, 0.6) is 0 Å². The van der Waals surface area contributed by atoms with Crippen molar-refractivity contribution in [2.75, 3.05) is 11.4 Å². The molecule has 0 fully saturated rings. The molecule has 2 aromatic carbocycles. The second-order valence-corrected chi connectivity index (χ2v) is 6.20. The molecule has 0 aliphatic carbocycles. The molecule has 0 spiro atoms. The van der Waals surface area contributed by atoms with Gasteiger partial charge in [-0.15, -0.1) is 0 Å². The van der Waals surface area contributed by atoms with Gasteiger partial charge in [0.15, 0.2) is 5.78 Å². The minimum atomic E-state index is -0.105. The summed E-state index contributed by atoms with van der Waals surface area (Å²) in [6, 6.07) is 12.9. The van der Waals surface area contributed by atoms with Crippen LogP contribution in [-0.4, -0.2) is 12.3 Å². The number of carbonyl (C=O) groups is 1. The molecule has 0 amide bonds. The summed E-state index contributed by atoms with van der Waals surface area (Å²) in [5, 5.41) is 2.57. The maximum Gasteiger partial charge on any atom is 0.159 e. The van der Waals surface area contributed by atoms with E-state index in [1.54, 1.807) is 0 Å². The highest BCUT2D eigenvalue weighted by molar-refractivity contribution is 5.99. The van der Waals surface area contributed by atoms with Crippen molar-refractivity contribution in [1.29, 1.82) is 0 Å². The van der Waals surface area contributed by atoms with E-state index in [4.69, 9.17) is 0 Å². The third-order valence-electron chi connectivity index (χ3n) is 4.63. The van der Waals surface area contributed by atoms with Crippen molar-refractivity contribution < 1.29 is 4.79 Å². The number of hydrogen-bond acceptors (Lipinski definition) is 2. The molecule has 4 rings (SSSR count). The van der Waals surface area contributed by atoms with Crippen molar-refractivity contribution in [3.05, 3.63) is 53.7 Å². The van der Waals surface area contributed by atoms with E-state index in [1.165, 1.54) is 22.0 Å². The number of carbonyl (C=O) groups excluding carboxylic acids is 1. The second-order valence-electron chi connectivity index (χ2n) is 6.20. The third-order valence-corrected chi connectivity index (χ3v) is 4.63. The Kier molecular flexibility index (Phi) is 2.18. The largest absolute Gasteiger partial charge is 0.343 e. The first-order valence-corrected chi connectivity index (χ1v) is 7.14. The van der Waals surface area contributed by atoms with Gasteiger partial charge < -0.3 is 4.90 Å². The van der Waals surface area contributed by atoms with Crippen LogP contribution in [-0.2, 0) is 10.2 Å². The topological polar surface area (TPSA) is 20.3 Å². The molecular formula is C18H17NO. The summed E-state index contributed by atoms with van der Waals surface area (Å²) in [5.74, 6) is 0.251. The van der Waals surface area contributed by atoms with Gasteiger partial charge in [0.05, 0.1) is 0 Å². The van der Waals surface area contributed by atoms with E-state index in [9.17, 15) is 4.79 Å². The van der Waals surface area contributed by atoms with Gasteiger partial charge in [0.25, 0.3) is 0 Å². The van der Waals surface area contributed by atoms with Gasteiger partial charge >= 0.3 is 0 Å². The molecule has 0 saturated carbocycles. The Hall–Kier alpha value is -2.09. The molecule has 100 valence electrons. The van der Waals surface area contributed by atoms with Gasteiger partial charge in [-0.1, -0.05) is 44.2 Å². The maximum absolute atomic E-state index is 11.8. The van der Waals surface area contributed by atoms with E-state index in [1.807, 2.05) is 6.08 Å². The Morgan fingerprint density at radius 3 is 2.75 bits per heavy atom. The van der Waals surface area contributed by atoms with Gasteiger partial charge in [-0.3, -0.25) is 4.79 Å². The molecule has 2 heteroatoms. The fourth-order valence-corrected chi connectivity index (χ4v) is 3.68. The van der Waals surface area contributed by atoms with Crippen molar-refractivity contribution in [2.45, 2.75) is 25.7 Å². The van der Waals surface area contributed by atoms with Crippen molar-refractivity contribution in [3.8, 4) is 0 Å². The number of hydrogen-bond donors (Lipinski definition) is 0. The summed E-state index contributed by atoms with van der Waals surface area (Å²) in [4.78, 5) is 14.1. The lowest BCUT2D eigenvalue weighted by atomic mass is 9.80. The molecule has 2 heterocycles. The lowest BCUT2D eigenvalue weighted by Gasteiger charge is -2.29. The number of benzene rings is 2. The average molecular weight is 263 g/mol. The number of ketones is 1. The SMILES string of the molecule is CC1(C)C2=CC(=O)CCN2c2ccc3ccccc3c21. The van der Waals surface area contributed by atoms with E-state index in [0.717, 1.165) is 12.2 Å². The average Bonchev–Trinajstić information content (AvgIpc) is 2.67. The molecule has 0 radical (unpaired) electrons. The first-order valence-electron chi connectivity index (χ1n) is 7.14. The first-order chi connectivity index (χ1) is 9.59. The molecule has 0 bridgehead atoms. The number of allylic oxidation sites excluding steroid dienone is 2. The minimum absolute atomic E-state index is 0.105. The van der Waals surface area contributed by atoms with Crippen LogP contribution < -0.4 is 4.90 Å². The van der Waals surface area contributed by atoms with E-state index in [2.05, 4.69) is 55.1 Å². The molecule has 20 heavy (non-hydrogen) atoms. The van der Waals surface area contributed by atoms with Crippen molar-refractivity contribution in [1.82, 2.24) is 0 Å². The summed E-state index contributed by atoms with van der Waals surface area (Å²) < 4.78 is 0. The number of nitrogens with zero attached hydrogens (tertiary/aromatic N) is 1. The summed E-state index contributed by atoms with van der Waals surface area (Å²) in [6.07, 6.45) is 2.46. The summed E-state index contributed by atoms with van der Waals surface area (Å²) in [7, 11) is 0. The van der Waals surface area contributed by atoms with Crippen LogP contribution in [0.1, 0.15) is 25.8 Å². The van der Waals surface area contributed by atoms with Crippen LogP contribution in [0.25, 0.3) is 10.8 Å². The van der Waals surface area contributed by atoms with Crippen LogP contribution in [0.4, 0.5) is 5.69 Å². The molecule has 0 N–H and O–H groups in total. The molecule has 0 atom stereocenters. The summed E-state index contributed by atoms with van der Waals surface area (Å²) in [5.41, 5.74) is 3.68. The van der Waals surface area contributed by atoms with E-state index in [0.29, 0.717) is 6.42 Å². The zero-order valence-electron chi connectivity index (χ0n) is 11.8. The highest BCUT2D eigenvalue weighted by Gasteiger charge is 2.42. The van der Waals surface area contributed by atoms with Gasteiger partial charge in [0.2, 0.25) is 0 Å². The van der Waals surface area contributed by atoms with Crippen molar-refractivity contribution in [2.24, 2.45) is 0 Å². The molecule has 0 unspecified atom stereocenters. The van der Waals surface area contributed by atoms with Crippen molar-refractivity contribution >= 4 is 22.2 Å². The standard InChI is InChI=1S/C18H17NO/c1-18(2)16-11-13(20)9-10-19(16)15-8-7-12-5-3-4-6-14(12)17(15)18/h3-8,11H,9-10H2,1-2H3. The lowest BCUT2D eigenvalue weighted by Crippen LogP contribution is -2.32. The quantitative estimate of drug-likeness (QED) is 0.720. The smallest absolute Gasteiger partial charge is 0.159 e. The lowest BCUT2D eigenvalue weighted by molar-refractivity contribution is -0.114. The van der Waals surface area contributed by atoms with E-state index >= 15 is 0 Å². The highest BCUT2D eigenvalue weighted by atomic mass is 16.1. The number of fused-ring (bicyclic) bond motifs is 5. The van der Waals surface area contributed by atoms with Gasteiger partial charge in [0, 0.05) is 35.8 Å². The molecule has 0 aromatic heterocycles. The Labute approximate surface area is 118 Å². The first kappa shape index (κ1) is 11.7. The predicted molar refractivity (Wildman–Crippen MR) is 82.0 cm³/mol. The Morgan fingerprint density at radius 2 is 1.90 bits per heavy atom. The summed E-state index contributed by atoms with van der Waals surface area (Å²) in [6.45, 7) is 5.25. The maximum atomic E-state index is 11.8. The molecule has 2 aliphatic rings. The molecule has 2 aliphatic heterocycles. The number of anilines is 1. The Morgan fingerprint density at radius 1 is 1.10 bits per heavy atom. The second kappa shape index (κ2) is 3.72. The van der Waals surface area contributed by atoms with E-state index in [-0.39, 0.29) is 11.2 Å². The van der Waals surface area contributed by atoms with Crippen LogP contribution in [0.15, 0.2) is 48.2 Å². The zero-order chi connectivity index (χ0) is 13.9. The monoisotopic (exact) mass is 263 g/mol. The van der Waals surface area contributed by atoms with Gasteiger partial charge in [-0.05, 0) is 22.4 Å². The normalized spacial score (nSPS) is 19.8. The molecule has 2 nitrogen and oxygen atoms in total. The number of rotatable bonds is 0. The zero-order valence-corrected chi connectivity index (χ0v) is 11.8. The molecule has 2 aromatic rings. The Balaban J connectivity index is 2.09. The van der Waals surface area contributed by atoms with E-state index < -0.39 is 0 Å². The van der Waals surface area contributed by atoms with Gasteiger partial charge in [-0.25, -0.2) is 0 Å². The fourth-order valence-electron chi connectivity index (χ4n) is 3.68. The van der Waals surface area contributed by atoms with Crippen LogP contribution in [0, 0.1) is 0 Å². The van der Waals surface area contributed by atoms with Crippen molar-refractivity contribution in [3.63, 3.8) is 0 Å². The molecular weight excluding hydrogens is 246 g/mol. The summed E-state index contributed by atoms with van der Waals surface area (Å²) >= 11 is 0. The van der Waals surface area contributed by atoms with Crippen LogP contribution in [0.2, 0.25) is 0 Å².